The van der Waals surface area contributed by atoms with Crippen molar-refractivity contribution in [2.75, 3.05) is 19.7 Å². The third kappa shape index (κ3) is 8.56. The molecule has 3 amide bonds. The van der Waals surface area contributed by atoms with Crippen LogP contribution in [0.3, 0.4) is 0 Å². The van der Waals surface area contributed by atoms with Crippen molar-refractivity contribution in [3.63, 3.8) is 0 Å². The summed E-state index contributed by atoms with van der Waals surface area (Å²) < 4.78 is 10.2. The number of rotatable bonds is 10. The van der Waals surface area contributed by atoms with E-state index in [4.69, 9.17) is 9.47 Å². The van der Waals surface area contributed by atoms with E-state index in [9.17, 15) is 19.2 Å². The molecule has 1 aliphatic carbocycles. The summed E-state index contributed by atoms with van der Waals surface area (Å²) in [7, 11) is 0. The lowest BCUT2D eigenvalue weighted by molar-refractivity contribution is -0.146. The number of esters is 1. The number of amides is 3. The number of hydrogen-bond acceptors (Lipinski definition) is 6. The molecule has 194 valence electrons. The first-order chi connectivity index (χ1) is 16.4. The Morgan fingerprint density at radius 2 is 1.80 bits per heavy atom. The SMILES string of the molecule is CCOC(=O)CCNC(=O)C(c1cc(C)ccc1C)N(C(=O)CNC(=O)OC(C)(C)C)C1CCC1. The van der Waals surface area contributed by atoms with Gasteiger partial charge in [-0.05, 0) is 71.9 Å². The van der Waals surface area contributed by atoms with Crippen LogP contribution in [0, 0.1) is 13.8 Å². The van der Waals surface area contributed by atoms with Gasteiger partial charge in [0, 0.05) is 12.6 Å². The molecule has 0 saturated heterocycles. The minimum Gasteiger partial charge on any atom is -0.466 e. The molecule has 1 unspecified atom stereocenters. The molecular weight excluding hydrogens is 450 g/mol. The number of aryl methyl sites for hydroxylation is 2. The molecule has 1 aromatic rings. The summed E-state index contributed by atoms with van der Waals surface area (Å²) in [4.78, 5) is 52.4. The number of carbonyl (C=O) groups is 4. The number of carbonyl (C=O) groups excluding carboxylic acids is 4. The zero-order chi connectivity index (χ0) is 26.2. The molecule has 2 rings (SSSR count). The zero-order valence-electron chi connectivity index (χ0n) is 21.7. The molecule has 1 aromatic carbocycles. The van der Waals surface area contributed by atoms with Gasteiger partial charge in [0.05, 0.1) is 13.0 Å². The summed E-state index contributed by atoms with van der Waals surface area (Å²) in [6.45, 7) is 10.9. The molecule has 9 heteroatoms. The Hall–Kier alpha value is -3.10. The number of nitrogens with one attached hydrogen (secondary N) is 2. The molecule has 9 nitrogen and oxygen atoms in total. The van der Waals surface area contributed by atoms with Gasteiger partial charge in [-0.2, -0.15) is 0 Å². The molecule has 35 heavy (non-hydrogen) atoms. The van der Waals surface area contributed by atoms with Gasteiger partial charge in [-0.25, -0.2) is 4.79 Å². The predicted octanol–water partition coefficient (Wildman–Crippen LogP) is 3.32. The van der Waals surface area contributed by atoms with Gasteiger partial charge in [-0.1, -0.05) is 23.8 Å². The van der Waals surface area contributed by atoms with Crippen LogP contribution in [0.4, 0.5) is 4.79 Å². The topological polar surface area (TPSA) is 114 Å². The highest BCUT2D eigenvalue weighted by Gasteiger charge is 2.39. The lowest BCUT2D eigenvalue weighted by Gasteiger charge is -2.42. The molecule has 0 spiro atoms. The van der Waals surface area contributed by atoms with E-state index in [1.54, 1.807) is 32.6 Å². The summed E-state index contributed by atoms with van der Waals surface area (Å²) in [5, 5.41) is 5.33. The van der Waals surface area contributed by atoms with Crippen molar-refractivity contribution in [3.8, 4) is 0 Å². The van der Waals surface area contributed by atoms with Crippen LogP contribution < -0.4 is 10.6 Å². The summed E-state index contributed by atoms with van der Waals surface area (Å²) in [5.41, 5.74) is 1.86. The van der Waals surface area contributed by atoms with Crippen molar-refractivity contribution in [2.24, 2.45) is 0 Å². The van der Waals surface area contributed by atoms with Crippen molar-refractivity contribution >= 4 is 23.9 Å². The fraction of sp³-hybridized carbons (Fsp3) is 0.615. The van der Waals surface area contributed by atoms with E-state index in [1.165, 1.54) is 0 Å². The highest BCUT2D eigenvalue weighted by Crippen LogP contribution is 2.34. The monoisotopic (exact) mass is 489 g/mol. The first kappa shape index (κ1) is 28.1. The molecular formula is C26H39N3O6. The molecule has 0 aliphatic heterocycles. The van der Waals surface area contributed by atoms with E-state index in [-0.39, 0.29) is 44.0 Å². The number of nitrogens with zero attached hydrogens (tertiary/aromatic N) is 1. The molecule has 0 bridgehead atoms. The van der Waals surface area contributed by atoms with Crippen LogP contribution in [0.25, 0.3) is 0 Å². The van der Waals surface area contributed by atoms with Crippen molar-refractivity contribution in [1.29, 1.82) is 0 Å². The molecule has 0 aromatic heterocycles. The Morgan fingerprint density at radius 3 is 2.37 bits per heavy atom. The maximum absolute atomic E-state index is 13.5. The highest BCUT2D eigenvalue weighted by atomic mass is 16.6. The largest absolute Gasteiger partial charge is 0.466 e. The summed E-state index contributed by atoms with van der Waals surface area (Å²) in [6, 6.07) is 4.77. The van der Waals surface area contributed by atoms with Crippen molar-refractivity contribution in [1.82, 2.24) is 15.5 Å². The second-order valence-electron chi connectivity index (χ2n) is 9.85. The standard InChI is InChI=1S/C26H39N3O6/c1-7-34-22(31)13-14-27-24(32)23(20-15-17(2)11-12-18(20)3)29(19-9-8-10-19)21(30)16-28-25(33)35-26(4,5)6/h11-12,15,19,23H,7-10,13-14,16H2,1-6H3,(H,27,32)(H,28,33). The van der Waals surface area contributed by atoms with Crippen molar-refractivity contribution in [3.05, 3.63) is 34.9 Å². The third-order valence-corrected chi connectivity index (χ3v) is 5.73. The highest BCUT2D eigenvalue weighted by molar-refractivity contribution is 5.91. The fourth-order valence-corrected chi connectivity index (χ4v) is 3.87. The molecule has 0 heterocycles. The van der Waals surface area contributed by atoms with Crippen LogP contribution in [0.2, 0.25) is 0 Å². The summed E-state index contributed by atoms with van der Waals surface area (Å²) in [6.07, 6.45) is 1.85. The second kappa shape index (κ2) is 12.6. The Morgan fingerprint density at radius 1 is 1.11 bits per heavy atom. The number of hydrogen-bond donors (Lipinski definition) is 2. The maximum Gasteiger partial charge on any atom is 0.408 e. The normalized spacial score (nSPS) is 14.3. The van der Waals surface area contributed by atoms with E-state index >= 15 is 0 Å². The molecule has 2 N–H and O–H groups in total. The van der Waals surface area contributed by atoms with E-state index in [0.29, 0.717) is 0 Å². The minimum atomic E-state index is -0.893. The number of alkyl carbamates (subject to hydrolysis) is 1. The fourth-order valence-electron chi connectivity index (χ4n) is 3.87. The van der Waals surface area contributed by atoms with Crippen LogP contribution in [0.5, 0.6) is 0 Å². The van der Waals surface area contributed by atoms with Gasteiger partial charge >= 0.3 is 12.1 Å². The second-order valence-corrected chi connectivity index (χ2v) is 9.85. The third-order valence-electron chi connectivity index (χ3n) is 5.73. The van der Waals surface area contributed by atoms with Crippen molar-refractivity contribution in [2.45, 2.75) is 84.9 Å². The van der Waals surface area contributed by atoms with Gasteiger partial charge in [0.15, 0.2) is 0 Å². The quantitative estimate of drug-likeness (QED) is 0.488. The van der Waals surface area contributed by atoms with Crippen LogP contribution in [0.1, 0.15) is 76.1 Å². The van der Waals surface area contributed by atoms with Crippen LogP contribution in [-0.2, 0) is 23.9 Å². The predicted molar refractivity (Wildman–Crippen MR) is 132 cm³/mol. The van der Waals surface area contributed by atoms with Crippen molar-refractivity contribution < 1.29 is 28.7 Å². The van der Waals surface area contributed by atoms with Gasteiger partial charge in [0.2, 0.25) is 11.8 Å². The van der Waals surface area contributed by atoms with Crippen LogP contribution >= 0.6 is 0 Å². The molecule has 1 fully saturated rings. The Labute approximate surface area is 207 Å². The summed E-state index contributed by atoms with van der Waals surface area (Å²) >= 11 is 0. The van der Waals surface area contributed by atoms with E-state index in [1.807, 2.05) is 32.0 Å². The molecule has 1 atom stereocenters. The summed E-state index contributed by atoms with van der Waals surface area (Å²) in [5.74, 6) is -1.14. The number of benzene rings is 1. The van der Waals surface area contributed by atoms with Gasteiger partial charge in [-0.3, -0.25) is 14.4 Å². The Kier molecular flexibility index (Phi) is 10.1. The van der Waals surface area contributed by atoms with E-state index < -0.39 is 23.7 Å². The van der Waals surface area contributed by atoms with E-state index in [2.05, 4.69) is 10.6 Å². The molecule has 0 radical (unpaired) electrons. The maximum atomic E-state index is 13.5. The number of ether oxygens (including phenoxy) is 2. The lowest BCUT2D eigenvalue weighted by Crippen LogP contribution is -2.54. The molecule has 1 saturated carbocycles. The van der Waals surface area contributed by atoms with Gasteiger partial charge in [-0.15, -0.1) is 0 Å². The Bertz CT molecular complexity index is 920. The minimum absolute atomic E-state index is 0.0384. The first-order valence-corrected chi connectivity index (χ1v) is 12.2. The van der Waals surface area contributed by atoms with Crippen LogP contribution in [-0.4, -0.2) is 60.1 Å². The van der Waals surface area contributed by atoms with Crippen LogP contribution in [0.15, 0.2) is 18.2 Å². The van der Waals surface area contributed by atoms with Gasteiger partial charge < -0.3 is 25.0 Å². The van der Waals surface area contributed by atoms with Gasteiger partial charge in [0.25, 0.3) is 0 Å². The zero-order valence-corrected chi connectivity index (χ0v) is 21.7. The molecule has 1 aliphatic rings. The smallest absolute Gasteiger partial charge is 0.408 e. The average molecular weight is 490 g/mol. The first-order valence-electron chi connectivity index (χ1n) is 12.2. The van der Waals surface area contributed by atoms with Gasteiger partial charge in [0.1, 0.15) is 18.2 Å². The Balaban J connectivity index is 2.29. The van der Waals surface area contributed by atoms with E-state index in [0.717, 1.165) is 36.0 Å². The average Bonchev–Trinajstić information content (AvgIpc) is 2.71. The lowest BCUT2D eigenvalue weighted by atomic mass is 9.87.